The van der Waals surface area contributed by atoms with Gasteiger partial charge in [0.2, 0.25) is 5.91 Å². The minimum Gasteiger partial charge on any atom is -0.492 e. The van der Waals surface area contributed by atoms with E-state index in [9.17, 15) is 9.59 Å². The molecule has 0 aromatic carbocycles. The van der Waals surface area contributed by atoms with E-state index < -0.39 is 0 Å². The molecule has 0 bridgehead atoms. The fraction of sp³-hybridized carbons (Fsp3) is 0.333. The highest BCUT2D eigenvalue weighted by atomic mass is 16.5. The smallest absolute Gasteiger partial charge is 0.228 e. The number of rotatable bonds is 8. The van der Waals surface area contributed by atoms with Crippen LogP contribution in [-0.2, 0) is 11.8 Å². The summed E-state index contributed by atoms with van der Waals surface area (Å²) in [6, 6.07) is 3.39. The normalized spacial score (nSPS) is 13.0. The number of aryl methyl sites for hydroxylation is 1. The Morgan fingerprint density at radius 1 is 1.26 bits per heavy atom. The molecule has 4 rings (SSSR count). The van der Waals surface area contributed by atoms with Crippen molar-refractivity contribution in [1.82, 2.24) is 24.7 Å². The van der Waals surface area contributed by atoms with Gasteiger partial charge in [0.25, 0.3) is 0 Å². The van der Waals surface area contributed by atoms with Gasteiger partial charge in [-0.3, -0.25) is 14.3 Å². The van der Waals surface area contributed by atoms with Gasteiger partial charge in [-0.05, 0) is 18.9 Å². The van der Waals surface area contributed by atoms with E-state index in [1.165, 1.54) is 13.3 Å². The van der Waals surface area contributed by atoms with E-state index in [4.69, 9.17) is 4.74 Å². The summed E-state index contributed by atoms with van der Waals surface area (Å²) in [7, 11) is 3.31. The number of carbonyl (C=O) groups is 2. The third kappa shape index (κ3) is 4.37. The zero-order chi connectivity index (χ0) is 22.0. The summed E-state index contributed by atoms with van der Waals surface area (Å²) in [6.07, 6.45) is 6.75. The van der Waals surface area contributed by atoms with Gasteiger partial charge >= 0.3 is 0 Å². The lowest BCUT2D eigenvalue weighted by molar-refractivity contribution is -0.117. The van der Waals surface area contributed by atoms with Crippen molar-refractivity contribution in [3.63, 3.8) is 0 Å². The molecule has 0 aliphatic heterocycles. The molecule has 1 saturated carbocycles. The fourth-order valence-electron chi connectivity index (χ4n) is 3.12. The molecule has 0 unspecified atom stereocenters. The van der Waals surface area contributed by atoms with Crippen LogP contribution in [0, 0.1) is 5.92 Å². The van der Waals surface area contributed by atoms with Crippen LogP contribution in [0.2, 0.25) is 0 Å². The number of nitrogens with zero attached hydrogens (tertiary/aromatic N) is 5. The summed E-state index contributed by atoms with van der Waals surface area (Å²) in [5, 5.41) is 10.3. The quantitative estimate of drug-likeness (QED) is 0.532. The van der Waals surface area contributed by atoms with E-state index in [1.54, 1.807) is 43.3 Å². The lowest BCUT2D eigenvalue weighted by Crippen LogP contribution is -2.15. The van der Waals surface area contributed by atoms with Gasteiger partial charge in [0.15, 0.2) is 23.2 Å². The minimum atomic E-state index is -0.0865. The summed E-state index contributed by atoms with van der Waals surface area (Å²) in [5.41, 5.74) is 1.53. The molecular formula is C21H23N7O3. The lowest BCUT2D eigenvalue weighted by atomic mass is 10.1. The first-order chi connectivity index (χ1) is 15.0. The molecule has 3 aromatic heterocycles. The number of ketones is 1. The van der Waals surface area contributed by atoms with Gasteiger partial charge in [0.05, 0.1) is 23.9 Å². The first-order valence-electron chi connectivity index (χ1n) is 10.00. The maximum atomic E-state index is 12.5. The number of aromatic nitrogens is 5. The number of carbonyl (C=O) groups excluding carboxylic acids is 2. The number of nitrogens with one attached hydrogen (secondary N) is 2. The van der Waals surface area contributed by atoms with Crippen LogP contribution in [-0.4, -0.2) is 43.5 Å². The zero-order valence-electron chi connectivity index (χ0n) is 17.5. The van der Waals surface area contributed by atoms with E-state index in [0.29, 0.717) is 46.4 Å². The number of hydrogen-bond donors (Lipinski definition) is 2. The number of methoxy groups -OCH3 is 1. The predicted molar refractivity (Wildman–Crippen MR) is 114 cm³/mol. The number of Topliss-reactive ketones (excluding diaryl/α,β-unsaturated/α-hetero) is 1. The summed E-state index contributed by atoms with van der Waals surface area (Å²) < 4.78 is 7.18. The van der Waals surface area contributed by atoms with Gasteiger partial charge in [0.1, 0.15) is 12.1 Å². The molecule has 160 valence electrons. The maximum absolute atomic E-state index is 12.5. The Morgan fingerprint density at radius 3 is 2.71 bits per heavy atom. The van der Waals surface area contributed by atoms with E-state index >= 15 is 0 Å². The van der Waals surface area contributed by atoms with Gasteiger partial charge in [-0.15, -0.1) is 0 Å². The molecule has 1 aliphatic rings. The van der Waals surface area contributed by atoms with Crippen LogP contribution in [0.25, 0.3) is 11.4 Å². The SMILES string of the molecule is CCC(=O)c1cnc(NC(=O)C2CC2)cc1Nc1nccc(-c2ncn(C)n2)c1OC. The highest BCUT2D eigenvalue weighted by molar-refractivity contribution is 6.02. The molecule has 10 heteroatoms. The van der Waals surface area contributed by atoms with Gasteiger partial charge in [-0.1, -0.05) is 6.92 Å². The standard InChI is InChI=1S/C21H23N7O3/c1-4-16(29)14-10-23-17(26-21(30)12-5-6-12)9-15(14)25-20-18(31-3)13(7-8-22-20)19-24-11-28(2)27-19/h7-12H,4-6H2,1-3H3,(H2,22,23,25,26,30). The van der Waals surface area contributed by atoms with Crippen LogP contribution in [0.3, 0.4) is 0 Å². The minimum absolute atomic E-state index is 0.0412. The Balaban J connectivity index is 1.71. The second kappa shape index (κ2) is 8.50. The molecule has 2 N–H and O–H groups in total. The predicted octanol–water partition coefficient (Wildman–Crippen LogP) is 2.97. The molecule has 0 radical (unpaired) electrons. The summed E-state index contributed by atoms with van der Waals surface area (Å²) >= 11 is 0. The first kappa shape index (κ1) is 20.5. The van der Waals surface area contributed by atoms with Crippen LogP contribution in [0.5, 0.6) is 5.75 Å². The molecular weight excluding hydrogens is 398 g/mol. The summed E-state index contributed by atoms with van der Waals surface area (Å²) in [4.78, 5) is 37.5. The van der Waals surface area contributed by atoms with Crippen LogP contribution >= 0.6 is 0 Å². The monoisotopic (exact) mass is 421 g/mol. The topological polar surface area (TPSA) is 124 Å². The third-order valence-electron chi connectivity index (χ3n) is 4.93. The maximum Gasteiger partial charge on any atom is 0.228 e. The molecule has 1 amide bonds. The highest BCUT2D eigenvalue weighted by Crippen LogP contribution is 2.36. The van der Waals surface area contributed by atoms with Gasteiger partial charge in [-0.25, -0.2) is 15.0 Å². The van der Waals surface area contributed by atoms with E-state index in [1.807, 2.05) is 0 Å². The van der Waals surface area contributed by atoms with Crippen LogP contribution in [0.1, 0.15) is 36.5 Å². The molecule has 31 heavy (non-hydrogen) atoms. The number of hydrogen-bond acceptors (Lipinski definition) is 8. The zero-order valence-corrected chi connectivity index (χ0v) is 17.5. The number of anilines is 3. The van der Waals surface area contributed by atoms with Crippen molar-refractivity contribution in [3.8, 4) is 17.1 Å². The van der Waals surface area contributed by atoms with E-state index in [0.717, 1.165) is 12.8 Å². The van der Waals surface area contributed by atoms with Crippen molar-refractivity contribution in [2.24, 2.45) is 13.0 Å². The second-order valence-electron chi connectivity index (χ2n) is 7.26. The van der Waals surface area contributed by atoms with Gasteiger partial charge < -0.3 is 15.4 Å². The number of amides is 1. The molecule has 1 fully saturated rings. The Kier molecular flexibility index (Phi) is 5.61. The third-order valence-corrected chi connectivity index (χ3v) is 4.93. The van der Waals surface area contributed by atoms with Crippen LogP contribution in [0.15, 0.2) is 30.9 Å². The van der Waals surface area contributed by atoms with Crippen molar-refractivity contribution >= 4 is 29.0 Å². The van der Waals surface area contributed by atoms with E-state index in [2.05, 4.69) is 30.7 Å². The fourth-order valence-corrected chi connectivity index (χ4v) is 3.12. The highest BCUT2D eigenvalue weighted by Gasteiger charge is 2.30. The molecule has 10 nitrogen and oxygen atoms in total. The Morgan fingerprint density at radius 2 is 2.06 bits per heavy atom. The summed E-state index contributed by atoms with van der Waals surface area (Å²) in [5.74, 6) is 1.57. The van der Waals surface area contributed by atoms with Crippen molar-refractivity contribution < 1.29 is 14.3 Å². The Labute approximate surface area is 179 Å². The van der Waals surface area contributed by atoms with Crippen molar-refractivity contribution in [1.29, 1.82) is 0 Å². The molecule has 0 saturated heterocycles. The summed E-state index contributed by atoms with van der Waals surface area (Å²) in [6.45, 7) is 1.78. The number of pyridine rings is 2. The van der Waals surface area contributed by atoms with Crippen molar-refractivity contribution in [2.45, 2.75) is 26.2 Å². The molecule has 1 aliphatic carbocycles. The average molecular weight is 421 g/mol. The molecule has 0 atom stereocenters. The largest absolute Gasteiger partial charge is 0.492 e. The average Bonchev–Trinajstić information content (AvgIpc) is 3.54. The molecule has 3 heterocycles. The Hall–Kier alpha value is -3.82. The van der Waals surface area contributed by atoms with Gasteiger partial charge in [0, 0.05) is 37.8 Å². The van der Waals surface area contributed by atoms with Crippen LogP contribution in [0.4, 0.5) is 17.3 Å². The van der Waals surface area contributed by atoms with Crippen LogP contribution < -0.4 is 15.4 Å². The second-order valence-corrected chi connectivity index (χ2v) is 7.26. The molecule has 3 aromatic rings. The molecule has 0 spiro atoms. The van der Waals surface area contributed by atoms with Crippen molar-refractivity contribution in [2.75, 3.05) is 17.7 Å². The van der Waals surface area contributed by atoms with E-state index in [-0.39, 0.29) is 17.6 Å². The Bertz CT molecular complexity index is 1140. The van der Waals surface area contributed by atoms with Crippen molar-refractivity contribution in [3.05, 3.63) is 36.4 Å². The number of ether oxygens (including phenoxy) is 1. The first-order valence-corrected chi connectivity index (χ1v) is 10.00. The lowest BCUT2D eigenvalue weighted by Gasteiger charge is -2.15. The van der Waals surface area contributed by atoms with Gasteiger partial charge in [-0.2, -0.15) is 5.10 Å².